The molecule has 2 aromatic rings. The van der Waals surface area contributed by atoms with E-state index in [1.165, 1.54) is 5.56 Å². The van der Waals surface area contributed by atoms with Gasteiger partial charge in [0, 0.05) is 37.0 Å². The number of pyridine rings is 1. The Kier molecular flexibility index (Phi) is 5.55. The molecular formula is C22H29N5O. The Morgan fingerprint density at radius 2 is 2.07 bits per heavy atom. The Morgan fingerprint density at radius 1 is 1.18 bits per heavy atom. The molecule has 1 atom stereocenters. The van der Waals surface area contributed by atoms with Crippen LogP contribution in [-0.4, -0.2) is 38.8 Å². The van der Waals surface area contributed by atoms with Crippen LogP contribution in [0.3, 0.4) is 0 Å². The first-order chi connectivity index (χ1) is 13.7. The molecule has 0 aromatic carbocycles. The van der Waals surface area contributed by atoms with Crippen LogP contribution in [0.15, 0.2) is 24.4 Å². The maximum Gasteiger partial charge on any atom is 0.222 e. The van der Waals surface area contributed by atoms with Gasteiger partial charge in [-0.2, -0.15) is 0 Å². The van der Waals surface area contributed by atoms with Gasteiger partial charge in [-0.3, -0.25) is 9.78 Å². The van der Waals surface area contributed by atoms with Gasteiger partial charge < -0.3 is 9.80 Å². The number of carbonyl (C=O) groups excluding carboxylic acids is 1. The van der Waals surface area contributed by atoms with Gasteiger partial charge in [-0.25, -0.2) is 9.97 Å². The van der Waals surface area contributed by atoms with E-state index in [-0.39, 0.29) is 11.9 Å². The predicted molar refractivity (Wildman–Crippen MR) is 109 cm³/mol. The minimum Gasteiger partial charge on any atom is -0.350 e. The lowest BCUT2D eigenvalue weighted by Crippen LogP contribution is -2.39. The molecule has 1 fully saturated rings. The van der Waals surface area contributed by atoms with Crippen LogP contribution in [0.1, 0.15) is 67.8 Å². The molecule has 0 radical (unpaired) electrons. The Morgan fingerprint density at radius 3 is 2.86 bits per heavy atom. The lowest BCUT2D eigenvalue weighted by Gasteiger charge is -2.36. The van der Waals surface area contributed by atoms with E-state index in [9.17, 15) is 4.79 Å². The van der Waals surface area contributed by atoms with Crippen molar-refractivity contribution in [3.63, 3.8) is 0 Å². The number of nitrogens with zero attached hydrogens (tertiary/aromatic N) is 5. The summed E-state index contributed by atoms with van der Waals surface area (Å²) in [5, 5.41) is 0. The number of piperidine rings is 1. The van der Waals surface area contributed by atoms with Gasteiger partial charge in [-0.05, 0) is 51.2 Å². The standard InChI is InChI=1S/C22H29N5O/c1-3-20(28)27-14-7-5-11-19(27)21-24-16(2)18-10-8-13-26(22(18)25-21)15-17-9-4-6-12-23-17/h4,6,9,12,19H,3,5,7-8,10-11,13-15H2,1-2H3. The van der Waals surface area contributed by atoms with Crippen molar-refractivity contribution in [3.05, 3.63) is 47.2 Å². The number of amides is 1. The Labute approximate surface area is 167 Å². The fourth-order valence-corrected chi connectivity index (χ4v) is 4.40. The average Bonchev–Trinajstić information content (AvgIpc) is 2.74. The molecule has 6 heteroatoms. The summed E-state index contributed by atoms with van der Waals surface area (Å²) in [6.45, 7) is 6.56. The minimum absolute atomic E-state index is 0.00354. The van der Waals surface area contributed by atoms with Crippen molar-refractivity contribution < 1.29 is 4.79 Å². The second-order valence-electron chi connectivity index (χ2n) is 7.77. The van der Waals surface area contributed by atoms with Gasteiger partial charge in [0.15, 0.2) is 5.82 Å². The van der Waals surface area contributed by atoms with Gasteiger partial charge in [0.1, 0.15) is 5.82 Å². The molecular weight excluding hydrogens is 350 g/mol. The van der Waals surface area contributed by atoms with Crippen LogP contribution >= 0.6 is 0 Å². The number of likely N-dealkylation sites (tertiary alicyclic amines) is 1. The summed E-state index contributed by atoms with van der Waals surface area (Å²) in [5.41, 5.74) is 3.35. The third-order valence-corrected chi connectivity index (χ3v) is 5.87. The fraction of sp³-hybridized carbons (Fsp3) is 0.545. The molecule has 0 N–H and O–H groups in total. The SMILES string of the molecule is CCC(=O)N1CCCCC1c1nc(C)c2c(n1)N(Cc1ccccn1)CCC2. The minimum atomic E-state index is 0.00354. The molecule has 4 rings (SSSR count). The molecule has 28 heavy (non-hydrogen) atoms. The number of carbonyl (C=O) groups is 1. The van der Waals surface area contributed by atoms with Gasteiger partial charge in [-0.1, -0.05) is 13.0 Å². The molecule has 1 unspecified atom stereocenters. The van der Waals surface area contributed by atoms with Crippen LogP contribution in [-0.2, 0) is 17.8 Å². The highest BCUT2D eigenvalue weighted by atomic mass is 16.2. The highest BCUT2D eigenvalue weighted by Crippen LogP contribution is 2.34. The van der Waals surface area contributed by atoms with Crippen LogP contribution < -0.4 is 4.90 Å². The van der Waals surface area contributed by atoms with Crippen LogP contribution in [0.5, 0.6) is 0 Å². The number of hydrogen-bond donors (Lipinski definition) is 0. The summed E-state index contributed by atoms with van der Waals surface area (Å²) in [6.07, 6.45) is 7.63. The average molecular weight is 380 g/mol. The van der Waals surface area contributed by atoms with E-state index in [1.807, 2.05) is 30.2 Å². The monoisotopic (exact) mass is 379 g/mol. The van der Waals surface area contributed by atoms with Crippen LogP contribution in [0.25, 0.3) is 0 Å². The van der Waals surface area contributed by atoms with E-state index in [1.54, 1.807) is 0 Å². The summed E-state index contributed by atoms with van der Waals surface area (Å²) in [5.74, 6) is 2.05. The number of aryl methyl sites for hydroxylation is 1. The molecule has 1 amide bonds. The molecule has 0 spiro atoms. The predicted octanol–water partition coefficient (Wildman–Crippen LogP) is 3.60. The van der Waals surface area contributed by atoms with Gasteiger partial charge in [0.25, 0.3) is 0 Å². The highest BCUT2D eigenvalue weighted by molar-refractivity contribution is 5.76. The Hall–Kier alpha value is -2.50. The first-order valence-corrected chi connectivity index (χ1v) is 10.5. The number of anilines is 1. The topological polar surface area (TPSA) is 62.2 Å². The van der Waals surface area contributed by atoms with E-state index >= 15 is 0 Å². The van der Waals surface area contributed by atoms with Crippen molar-refractivity contribution in [2.45, 2.75) is 65.0 Å². The number of aromatic nitrogens is 3. The van der Waals surface area contributed by atoms with Crippen molar-refractivity contribution in [2.75, 3.05) is 18.0 Å². The van der Waals surface area contributed by atoms with E-state index in [2.05, 4.69) is 22.9 Å². The second kappa shape index (κ2) is 8.25. The van der Waals surface area contributed by atoms with Gasteiger partial charge in [-0.15, -0.1) is 0 Å². The van der Waals surface area contributed by atoms with Crippen LogP contribution in [0, 0.1) is 6.92 Å². The largest absolute Gasteiger partial charge is 0.350 e. The summed E-state index contributed by atoms with van der Waals surface area (Å²) < 4.78 is 0. The third kappa shape index (κ3) is 3.73. The van der Waals surface area contributed by atoms with Crippen LogP contribution in [0.2, 0.25) is 0 Å². The Bertz CT molecular complexity index is 838. The first kappa shape index (κ1) is 18.8. The Balaban J connectivity index is 1.68. The molecule has 2 aromatic heterocycles. The van der Waals surface area contributed by atoms with E-state index in [0.717, 1.165) is 74.8 Å². The molecule has 6 nitrogen and oxygen atoms in total. The van der Waals surface area contributed by atoms with E-state index in [4.69, 9.17) is 9.97 Å². The number of rotatable bonds is 4. The zero-order valence-electron chi connectivity index (χ0n) is 16.9. The fourth-order valence-electron chi connectivity index (χ4n) is 4.40. The quantitative estimate of drug-likeness (QED) is 0.812. The summed E-state index contributed by atoms with van der Waals surface area (Å²) in [7, 11) is 0. The van der Waals surface area contributed by atoms with Gasteiger partial charge in [0.2, 0.25) is 5.91 Å². The maximum atomic E-state index is 12.5. The first-order valence-electron chi connectivity index (χ1n) is 10.5. The molecule has 1 saturated heterocycles. The lowest BCUT2D eigenvalue weighted by atomic mass is 9.99. The summed E-state index contributed by atoms with van der Waals surface area (Å²) in [6, 6.07) is 6.04. The zero-order valence-corrected chi connectivity index (χ0v) is 16.9. The van der Waals surface area contributed by atoms with Crippen molar-refractivity contribution in [3.8, 4) is 0 Å². The van der Waals surface area contributed by atoms with E-state index < -0.39 is 0 Å². The molecule has 0 aliphatic carbocycles. The maximum absolute atomic E-state index is 12.5. The van der Waals surface area contributed by atoms with E-state index in [0.29, 0.717) is 6.42 Å². The molecule has 2 aliphatic rings. The molecule has 148 valence electrons. The summed E-state index contributed by atoms with van der Waals surface area (Å²) in [4.78, 5) is 31.2. The molecule has 2 aliphatic heterocycles. The molecule has 4 heterocycles. The van der Waals surface area contributed by atoms with Gasteiger partial charge in [0.05, 0.1) is 18.3 Å². The van der Waals surface area contributed by atoms with Crippen molar-refractivity contribution in [2.24, 2.45) is 0 Å². The van der Waals surface area contributed by atoms with Crippen molar-refractivity contribution in [1.82, 2.24) is 19.9 Å². The molecule has 0 bridgehead atoms. The normalized spacial score (nSPS) is 19.4. The van der Waals surface area contributed by atoms with Crippen LogP contribution in [0.4, 0.5) is 5.82 Å². The van der Waals surface area contributed by atoms with Crippen molar-refractivity contribution >= 4 is 11.7 Å². The number of fused-ring (bicyclic) bond motifs is 1. The smallest absolute Gasteiger partial charge is 0.222 e. The highest BCUT2D eigenvalue weighted by Gasteiger charge is 2.31. The second-order valence-corrected chi connectivity index (χ2v) is 7.77. The number of hydrogen-bond acceptors (Lipinski definition) is 5. The lowest BCUT2D eigenvalue weighted by molar-refractivity contribution is -0.134. The van der Waals surface area contributed by atoms with Crippen molar-refractivity contribution in [1.29, 1.82) is 0 Å². The molecule has 0 saturated carbocycles. The summed E-state index contributed by atoms with van der Waals surface area (Å²) >= 11 is 0. The zero-order chi connectivity index (χ0) is 19.5. The third-order valence-electron chi connectivity index (χ3n) is 5.87. The van der Waals surface area contributed by atoms with Gasteiger partial charge >= 0.3 is 0 Å².